The van der Waals surface area contributed by atoms with Crippen molar-refractivity contribution < 1.29 is 15.0 Å². The van der Waals surface area contributed by atoms with Gasteiger partial charge in [0.15, 0.2) is 0 Å². The molecule has 1 rings (SSSR count). The van der Waals surface area contributed by atoms with E-state index in [1.165, 1.54) is 32.1 Å². The number of rotatable bonds is 10. The number of aliphatic hydroxyl groups is 1. The SMILES string of the molecule is CCCCCCCCCC(C(=O)O)C1CCCC(O)C1. The average molecular weight is 284 g/mol. The first kappa shape index (κ1) is 17.5. The zero-order valence-corrected chi connectivity index (χ0v) is 13.0. The van der Waals surface area contributed by atoms with Gasteiger partial charge in [0.05, 0.1) is 12.0 Å². The largest absolute Gasteiger partial charge is 0.481 e. The van der Waals surface area contributed by atoms with Crippen molar-refractivity contribution in [1.29, 1.82) is 0 Å². The number of unbranched alkanes of at least 4 members (excludes halogenated alkanes) is 6. The molecule has 3 nitrogen and oxygen atoms in total. The molecule has 1 fully saturated rings. The van der Waals surface area contributed by atoms with Crippen LogP contribution in [0.4, 0.5) is 0 Å². The van der Waals surface area contributed by atoms with Gasteiger partial charge in [-0.25, -0.2) is 0 Å². The van der Waals surface area contributed by atoms with Crippen LogP contribution < -0.4 is 0 Å². The van der Waals surface area contributed by atoms with Gasteiger partial charge in [0.25, 0.3) is 0 Å². The summed E-state index contributed by atoms with van der Waals surface area (Å²) in [6.45, 7) is 2.22. The third-order valence-electron chi connectivity index (χ3n) is 4.69. The van der Waals surface area contributed by atoms with Gasteiger partial charge in [0.2, 0.25) is 0 Å². The van der Waals surface area contributed by atoms with Crippen molar-refractivity contribution in [3.05, 3.63) is 0 Å². The molecule has 1 aliphatic rings. The molecular weight excluding hydrogens is 252 g/mol. The molecule has 0 aromatic carbocycles. The summed E-state index contributed by atoms with van der Waals surface area (Å²) < 4.78 is 0. The van der Waals surface area contributed by atoms with Crippen LogP contribution in [-0.4, -0.2) is 22.3 Å². The smallest absolute Gasteiger partial charge is 0.306 e. The summed E-state index contributed by atoms with van der Waals surface area (Å²) >= 11 is 0. The normalized spacial score (nSPS) is 24.5. The van der Waals surface area contributed by atoms with Crippen molar-refractivity contribution in [2.75, 3.05) is 0 Å². The topological polar surface area (TPSA) is 57.5 Å². The predicted octanol–water partition coefficient (Wildman–Crippen LogP) is 4.38. The van der Waals surface area contributed by atoms with Crippen molar-refractivity contribution in [3.63, 3.8) is 0 Å². The van der Waals surface area contributed by atoms with E-state index in [1.807, 2.05) is 0 Å². The first-order chi connectivity index (χ1) is 9.65. The highest BCUT2D eigenvalue weighted by Crippen LogP contribution is 2.33. The lowest BCUT2D eigenvalue weighted by molar-refractivity contribution is -0.145. The van der Waals surface area contributed by atoms with E-state index < -0.39 is 5.97 Å². The lowest BCUT2D eigenvalue weighted by Crippen LogP contribution is -2.30. The third kappa shape index (κ3) is 6.74. The fourth-order valence-electron chi connectivity index (χ4n) is 3.45. The van der Waals surface area contributed by atoms with E-state index in [0.717, 1.165) is 38.5 Å². The molecule has 1 aliphatic carbocycles. The highest BCUT2D eigenvalue weighted by molar-refractivity contribution is 5.70. The fraction of sp³-hybridized carbons (Fsp3) is 0.941. The zero-order chi connectivity index (χ0) is 14.8. The van der Waals surface area contributed by atoms with Gasteiger partial charge >= 0.3 is 5.97 Å². The number of carboxylic acids is 1. The Morgan fingerprint density at radius 3 is 2.35 bits per heavy atom. The molecule has 0 heterocycles. The molecule has 0 saturated heterocycles. The lowest BCUT2D eigenvalue weighted by Gasteiger charge is -2.30. The van der Waals surface area contributed by atoms with Crippen LogP contribution in [0.25, 0.3) is 0 Å². The van der Waals surface area contributed by atoms with Crippen LogP contribution in [0.15, 0.2) is 0 Å². The maximum absolute atomic E-state index is 11.4. The second kappa shape index (κ2) is 10.2. The number of aliphatic carboxylic acids is 1. The van der Waals surface area contributed by atoms with E-state index in [9.17, 15) is 15.0 Å². The quantitative estimate of drug-likeness (QED) is 0.585. The van der Waals surface area contributed by atoms with Gasteiger partial charge < -0.3 is 10.2 Å². The Bertz CT molecular complexity index is 265. The van der Waals surface area contributed by atoms with E-state index in [2.05, 4.69) is 6.92 Å². The van der Waals surface area contributed by atoms with E-state index >= 15 is 0 Å². The van der Waals surface area contributed by atoms with Crippen LogP contribution in [0.5, 0.6) is 0 Å². The molecule has 1 saturated carbocycles. The van der Waals surface area contributed by atoms with Gasteiger partial charge in [-0.2, -0.15) is 0 Å². The second-order valence-electron chi connectivity index (χ2n) is 6.44. The Morgan fingerprint density at radius 1 is 1.10 bits per heavy atom. The van der Waals surface area contributed by atoms with E-state index in [4.69, 9.17) is 0 Å². The van der Waals surface area contributed by atoms with Gasteiger partial charge in [-0.15, -0.1) is 0 Å². The molecule has 2 N–H and O–H groups in total. The molecule has 0 amide bonds. The third-order valence-corrected chi connectivity index (χ3v) is 4.69. The molecule has 0 aromatic heterocycles. The number of hydrogen-bond donors (Lipinski definition) is 2. The molecule has 3 unspecified atom stereocenters. The summed E-state index contributed by atoms with van der Waals surface area (Å²) in [6, 6.07) is 0. The van der Waals surface area contributed by atoms with Crippen LogP contribution in [0.3, 0.4) is 0 Å². The highest BCUT2D eigenvalue weighted by Gasteiger charge is 2.31. The first-order valence-electron chi connectivity index (χ1n) is 8.56. The average Bonchev–Trinajstić information content (AvgIpc) is 2.41. The summed E-state index contributed by atoms with van der Waals surface area (Å²) in [5.41, 5.74) is 0. The predicted molar refractivity (Wildman–Crippen MR) is 81.7 cm³/mol. The summed E-state index contributed by atoms with van der Waals surface area (Å²) in [7, 11) is 0. The first-order valence-corrected chi connectivity index (χ1v) is 8.56. The minimum absolute atomic E-state index is 0.191. The maximum Gasteiger partial charge on any atom is 0.306 e. The lowest BCUT2D eigenvalue weighted by atomic mass is 9.77. The molecule has 0 bridgehead atoms. The van der Waals surface area contributed by atoms with Gasteiger partial charge in [-0.05, 0) is 31.6 Å². The minimum Gasteiger partial charge on any atom is -0.481 e. The van der Waals surface area contributed by atoms with Crippen molar-refractivity contribution in [3.8, 4) is 0 Å². The Hall–Kier alpha value is -0.570. The molecule has 118 valence electrons. The van der Waals surface area contributed by atoms with E-state index in [0.29, 0.717) is 6.42 Å². The fourth-order valence-corrected chi connectivity index (χ4v) is 3.45. The summed E-state index contributed by atoms with van der Waals surface area (Å²) in [5, 5.41) is 19.1. The number of aliphatic hydroxyl groups excluding tert-OH is 1. The van der Waals surface area contributed by atoms with Crippen molar-refractivity contribution >= 4 is 5.97 Å². The van der Waals surface area contributed by atoms with Gasteiger partial charge in [-0.1, -0.05) is 58.3 Å². The van der Waals surface area contributed by atoms with Crippen molar-refractivity contribution in [2.45, 2.75) is 90.1 Å². The molecular formula is C17H32O3. The van der Waals surface area contributed by atoms with Crippen LogP contribution in [-0.2, 0) is 4.79 Å². The highest BCUT2D eigenvalue weighted by atomic mass is 16.4. The Balaban J connectivity index is 2.20. The Kier molecular flexibility index (Phi) is 8.92. The van der Waals surface area contributed by atoms with Crippen LogP contribution in [0, 0.1) is 11.8 Å². The van der Waals surface area contributed by atoms with Gasteiger partial charge in [-0.3, -0.25) is 4.79 Å². The molecule has 0 spiro atoms. The molecule has 0 aliphatic heterocycles. The zero-order valence-electron chi connectivity index (χ0n) is 13.0. The minimum atomic E-state index is -0.657. The van der Waals surface area contributed by atoms with Crippen molar-refractivity contribution in [2.24, 2.45) is 11.8 Å². The van der Waals surface area contributed by atoms with Crippen LogP contribution in [0.1, 0.15) is 84.0 Å². The Labute approximate surface area is 123 Å². The van der Waals surface area contributed by atoms with Crippen LogP contribution in [0.2, 0.25) is 0 Å². The summed E-state index contributed by atoms with van der Waals surface area (Å²) in [6.07, 6.45) is 12.6. The molecule has 3 heteroatoms. The summed E-state index contributed by atoms with van der Waals surface area (Å²) in [5.74, 6) is -0.702. The monoisotopic (exact) mass is 284 g/mol. The maximum atomic E-state index is 11.4. The van der Waals surface area contributed by atoms with Crippen LogP contribution >= 0.6 is 0 Å². The van der Waals surface area contributed by atoms with Gasteiger partial charge in [0, 0.05) is 0 Å². The van der Waals surface area contributed by atoms with E-state index in [-0.39, 0.29) is 17.9 Å². The molecule has 0 aromatic rings. The molecule has 0 radical (unpaired) electrons. The number of carbonyl (C=O) groups is 1. The molecule has 20 heavy (non-hydrogen) atoms. The Morgan fingerprint density at radius 2 is 1.75 bits per heavy atom. The standard InChI is InChI=1S/C17H32O3/c1-2-3-4-5-6-7-8-12-16(17(19)20)14-10-9-11-15(18)13-14/h14-16,18H,2-13H2,1H3,(H,19,20). The van der Waals surface area contributed by atoms with Crippen molar-refractivity contribution in [1.82, 2.24) is 0 Å². The second-order valence-corrected chi connectivity index (χ2v) is 6.44. The number of carboxylic acid groups (broad SMARTS) is 1. The summed E-state index contributed by atoms with van der Waals surface area (Å²) in [4.78, 5) is 11.4. The molecule has 3 atom stereocenters. The number of hydrogen-bond acceptors (Lipinski definition) is 2. The van der Waals surface area contributed by atoms with Gasteiger partial charge in [0.1, 0.15) is 0 Å². The van der Waals surface area contributed by atoms with E-state index in [1.54, 1.807) is 0 Å².